The lowest BCUT2D eigenvalue weighted by Gasteiger charge is -2.36. The third-order valence-corrected chi connectivity index (χ3v) is 4.44. The lowest BCUT2D eigenvalue weighted by atomic mass is 9.99. The molecule has 2 atom stereocenters. The van der Waals surface area contributed by atoms with Gasteiger partial charge in [-0.2, -0.15) is 0 Å². The first-order valence-electron chi connectivity index (χ1n) is 7.40. The quantitative estimate of drug-likeness (QED) is 0.780. The van der Waals surface area contributed by atoms with Gasteiger partial charge in [-0.25, -0.2) is 0 Å². The Bertz CT molecular complexity index is 239. The van der Waals surface area contributed by atoms with Crippen molar-refractivity contribution in [1.29, 1.82) is 0 Å². The fourth-order valence-electron chi connectivity index (χ4n) is 3.22. The van der Waals surface area contributed by atoms with Crippen molar-refractivity contribution >= 4 is 0 Å². The van der Waals surface area contributed by atoms with Gasteiger partial charge in [0.25, 0.3) is 0 Å². The molecule has 2 rings (SSSR count). The molecule has 0 aliphatic carbocycles. The molecule has 2 heterocycles. The van der Waals surface area contributed by atoms with Crippen LogP contribution < -0.4 is 5.32 Å². The van der Waals surface area contributed by atoms with E-state index in [1.165, 1.54) is 32.5 Å². The van der Waals surface area contributed by atoms with Crippen LogP contribution in [-0.4, -0.2) is 75.4 Å². The van der Waals surface area contributed by atoms with Gasteiger partial charge in [0.15, 0.2) is 0 Å². The lowest BCUT2D eigenvalue weighted by molar-refractivity contribution is 0.119. The minimum Gasteiger partial charge on any atom is -0.379 e. The van der Waals surface area contributed by atoms with E-state index in [0.29, 0.717) is 12.0 Å². The van der Waals surface area contributed by atoms with Crippen molar-refractivity contribution < 1.29 is 4.74 Å². The minimum absolute atomic E-state index is 0.571. The van der Waals surface area contributed by atoms with Gasteiger partial charge in [0.2, 0.25) is 0 Å². The molecule has 0 saturated carbocycles. The summed E-state index contributed by atoms with van der Waals surface area (Å²) in [7, 11) is 4.40. The van der Waals surface area contributed by atoms with Gasteiger partial charge in [-0.1, -0.05) is 6.92 Å². The van der Waals surface area contributed by atoms with Gasteiger partial charge in [0, 0.05) is 24.5 Å². The number of likely N-dealkylation sites (tertiary alicyclic amines) is 1. The molecule has 2 aliphatic rings. The third-order valence-electron chi connectivity index (χ3n) is 4.44. The summed E-state index contributed by atoms with van der Waals surface area (Å²) in [5.41, 5.74) is 0. The third kappa shape index (κ3) is 3.67. The molecule has 0 aromatic carbocycles. The van der Waals surface area contributed by atoms with E-state index >= 15 is 0 Å². The zero-order valence-corrected chi connectivity index (χ0v) is 12.2. The predicted octanol–water partition coefficient (Wildman–Crippen LogP) is 0.637. The number of hydrogen-bond donors (Lipinski definition) is 1. The van der Waals surface area contributed by atoms with E-state index in [9.17, 15) is 0 Å². The molecule has 2 aliphatic heterocycles. The van der Waals surface area contributed by atoms with E-state index in [4.69, 9.17) is 4.74 Å². The van der Waals surface area contributed by atoms with Gasteiger partial charge in [-0.15, -0.1) is 0 Å². The van der Waals surface area contributed by atoms with Crippen LogP contribution in [0, 0.1) is 5.92 Å². The first kappa shape index (κ1) is 14.3. The minimum atomic E-state index is 0.571. The van der Waals surface area contributed by atoms with Gasteiger partial charge in [0.1, 0.15) is 0 Å². The smallest absolute Gasteiger partial charge is 0.0623 e. The van der Waals surface area contributed by atoms with Crippen molar-refractivity contribution in [1.82, 2.24) is 15.1 Å². The first-order chi connectivity index (χ1) is 8.70. The molecule has 2 unspecified atom stereocenters. The Morgan fingerprint density at radius 1 is 1.22 bits per heavy atom. The molecule has 0 amide bonds. The zero-order valence-electron chi connectivity index (χ0n) is 12.2. The fourth-order valence-corrected chi connectivity index (χ4v) is 3.22. The SMILES string of the molecule is CCNC1COCC1CN1CCC(N(C)C)CC1. The summed E-state index contributed by atoms with van der Waals surface area (Å²) in [6, 6.07) is 1.35. The summed E-state index contributed by atoms with van der Waals surface area (Å²) in [6.07, 6.45) is 2.62. The summed E-state index contributed by atoms with van der Waals surface area (Å²) >= 11 is 0. The van der Waals surface area contributed by atoms with Gasteiger partial charge >= 0.3 is 0 Å². The number of piperidine rings is 1. The molecular formula is C14H29N3O. The molecule has 0 aromatic rings. The second-order valence-electron chi connectivity index (χ2n) is 5.96. The topological polar surface area (TPSA) is 27.7 Å². The van der Waals surface area contributed by atoms with Crippen molar-refractivity contribution in [3.63, 3.8) is 0 Å². The van der Waals surface area contributed by atoms with Crippen LogP contribution in [0.15, 0.2) is 0 Å². The maximum absolute atomic E-state index is 5.63. The van der Waals surface area contributed by atoms with Crippen LogP contribution in [0.5, 0.6) is 0 Å². The summed E-state index contributed by atoms with van der Waals surface area (Å²) < 4.78 is 5.63. The van der Waals surface area contributed by atoms with E-state index in [1.54, 1.807) is 0 Å². The zero-order chi connectivity index (χ0) is 13.0. The molecule has 18 heavy (non-hydrogen) atoms. The molecule has 4 heteroatoms. The highest BCUT2D eigenvalue weighted by Gasteiger charge is 2.30. The summed E-state index contributed by atoms with van der Waals surface area (Å²) in [5.74, 6) is 0.681. The standard InChI is InChI=1S/C14H29N3O/c1-4-15-14-11-18-10-12(14)9-17-7-5-13(6-8-17)16(2)3/h12-15H,4-11H2,1-3H3. The summed E-state index contributed by atoms with van der Waals surface area (Å²) in [6.45, 7) is 8.76. The van der Waals surface area contributed by atoms with E-state index in [0.717, 1.165) is 25.8 Å². The average Bonchev–Trinajstić information content (AvgIpc) is 2.78. The highest BCUT2D eigenvalue weighted by molar-refractivity contribution is 4.85. The lowest BCUT2D eigenvalue weighted by Crippen LogP contribution is -2.46. The normalized spacial score (nSPS) is 31.3. The van der Waals surface area contributed by atoms with Gasteiger partial charge in [-0.05, 0) is 46.6 Å². The van der Waals surface area contributed by atoms with E-state index in [2.05, 4.69) is 36.1 Å². The number of likely N-dealkylation sites (N-methyl/N-ethyl adjacent to an activating group) is 1. The van der Waals surface area contributed by atoms with Crippen LogP contribution in [0.25, 0.3) is 0 Å². The number of ether oxygens (including phenoxy) is 1. The molecule has 0 spiro atoms. The van der Waals surface area contributed by atoms with Crippen LogP contribution in [-0.2, 0) is 4.74 Å². The highest BCUT2D eigenvalue weighted by atomic mass is 16.5. The Balaban J connectivity index is 1.74. The van der Waals surface area contributed by atoms with Crippen molar-refractivity contribution in [2.45, 2.75) is 31.8 Å². The maximum atomic E-state index is 5.63. The molecule has 1 N–H and O–H groups in total. The van der Waals surface area contributed by atoms with Gasteiger partial charge in [-0.3, -0.25) is 0 Å². The van der Waals surface area contributed by atoms with E-state index in [-0.39, 0.29) is 0 Å². The molecule has 106 valence electrons. The average molecular weight is 255 g/mol. The number of rotatable bonds is 5. The Hall–Kier alpha value is -0.160. The van der Waals surface area contributed by atoms with Crippen molar-refractivity contribution in [3.05, 3.63) is 0 Å². The van der Waals surface area contributed by atoms with Crippen LogP contribution in [0.2, 0.25) is 0 Å². The summed E-state index contributed by atoms with van der Waals surface area (Å²) in [4.78, 5) is 5.00. The van der Waals surface area contributed by atoms with Crippen LogP contribution >= 0.6 is 0 Å². The molecule has 0 radical (unpaired) electrons. The Labute approximate surface area is 112 Å². The molecular weight excluding hydrogens is 226 g/mol. The molecule has 4 nitrogen and oxygen atoms in total. The van der Waals surface area contributed by atoms with Gasteiger partial charge in [0.05, 0.1) is 13.2 Å². The number of hydrogen-bond acceptors (Lipinski definition) is 4. The van der Waals surface area contributed by atoms with Crippen LogP contribution in [0.3, 0.4) is 0 Å². The van der Waals surface area contributed by atoms with Crippen LogP contribution in [0.4, 0.5) is 0 Å². The fraction of sp³-hybridized carbons (Fsp3) is 1.00. The monoisotopic (exact) mass is 255 g/mol. The van der Waals surface area contributed by atoms with Crippen LogP contribution in [0.1, 0.15) is 19.8 Å². The predicted molar refractivity (Wildman–Crippen MR) is 74.9 cm³/mol. The number of nitrogens with one attached hydrogen (secondary N) is 1. The molecule has 2 fully saturated rings. The molecule has 2 saturated heterocycles. The first-order valence-corrected chi connectivity index (χ1v) is 7.40. The largest absolute Gasteiger partial charge is 0.379 e. The molecule has 0 aromatic heterocycles. The molecule has 0 bridgehead atoms. The van der Waals surface area contributed by atoms with Gasteiger partial charge < -0.3 is 19.9 Å². The van der Waals surface area contributed by atoms with E-state index < -0.39 is 0 Å². The van der Waals surface area contributed by atoms with E-state index in [1.807, 2.05) is 0 Å². The van der Waals surface area contributed by atoms with Crippen molar-refractivity contribution in [2.24, 2.45) is 5.92 Å². The van der Waals surface area contributed by atoms with Crippen molar-refractivity contribution in [3.8, 4) is 0 Å². The second kappa shape index (κ2) is 6.85. The maximum Gasteiger partial charge on any atom is 0.0623 e. The summed E-state index contributed by atoms with van der Waals surface area (Å²) in [5, 5.41) is 3.55. The Kier molecular flexibility index (Phi) is 5.42. The Morgan fingerprint density at radius 3 is 2.56 bits per heavy atom. The van der Waals surface area contributed by atoms with Crippen molar-refractivity contribution in [2.75, 3.05) is 53.5 Å². The second-order valence-corrected chi connectivity index (χ2v) is 5.96. The Morgan fingerprint density at radius 2 is 1.94 bits per heavy atom. The number of nitrogens with zero attached hydrogens (tertiary/aromatic N) is 2. The highest BCUT2D eigenvalue weighted by Crippen LogP contribution is 2.19.